The Morgan fingerprint density at radius 1 is 1.29 bits per heavy atom. The summed E-state index contributed by atoms with van der Waals surface area (Å²) in [6, 6.07) is 11.0. The number of rotatable bonds is 4. The van der Waals surface area contributed by atoms with E-state index in [0.717, 1.165) is 16.5 Å². The second-order valence-corrected chi connectivity index (χ2v) is 8.58. The zero-order chi connectivity index (χ0) is 17.3. The van der Waals surface area contributed by atoms with E-state index in [1.165, 1.54) is 23.9 Å². The van der Waals surface area contributed by atoms with E-state index in [9.17, 15) is 17.6 Å². The van der Waals surface area contributed by atoms with Gasteiger partial charge in [0.1, 0.15) is 5.82 Å². The number of hydrogen-bond donors (Lipinski definition) is 1. The fourth-order valence-electron chi connectivity index (χ4n) is 2.50. The monoisotopic (exact) mass is 385 g/mol. The maximum absolute atomic E-state index is 13.7. The standard InChI is InChI=1S/C16H13ClFNO3S2/c17-11-5-6-14(18)10(7-11)9-24(21,22)19-16(20)13-8-23-15-4-2-1-3-12(13)15/h1-7,13H,8-9H2,(H,19,20)/t13-/m1/s1. The molecule has 0 aromatic heterocycles. The Balaban J connectivity index is 1.75. The quantitative estimate of drug-likeness (QED) is 0.877. The number of fused-ring (bicyclic) bond motifs is 1. The van der Waals surface area contributed by atoms with Crippen LogP contribution < -0.4 is 4.72 Å². The van der Waals surface area contributed by atoms with Gasteiger partial charge in [-0.3, -0.25) is 9.52 Å². The first-order valence-corrected chi connectivity index (χ1v) is 10.1. The van der Waals surface area contributed by atoms with Gasteiger partial charge in [0, 0.05) is 21.2 Å². The Bertz CT molecular complexity index is 902. The third-order valence-electron chi connectivity index (χ3n) is 3.63. The molecule has 2 aromatic carbocycles. The highest BCUT2D eigenvalue weighted by atomic mass is 35.5. The van der Waals surface area contributed by atoms with E-state index in [4.69, 9.17) is 11.6 Å². The van der Waals surface area contributed by atoms with Crippen LogP contribution in [0, 0.1) is 5.82 Å². The number of carbonyl (C=O) groups excluding carboxylic acids is 1. The highest BCUT2D eigenvalue weighted by Crippen LogP contribution is 2.39. The molecule has 126 valence electrons. The van der Waals surface area contributed by atoms with Crippen LogP contribution in [0.5, 0.6) is 0 Å². The number of hydrogen-bond acceptors (Lipinski definition) is 4. The highest BCUT2D eigenvalue weighted by Gasteiger charge is 2.31. The van der Waals surface area contributed by atoms with Crippen molar-refractivity contribution in [2.75, 3.05) is 5.75 Å². The van der Waals surface area contributed by atoms with Gasteiger partial charge < -0.3 is 0 Å². The molecule has 0 saturated heterocycles. The number of sulfonamides is 1. The Morgan fingerprint density at radius 2 is 2.04 bits per heavy atom. The minimum atomic E-state index is -4.02. The molecule has 0 saturated carbocycles. The Labute approximate surface area is 148 Å². The van der Waals surface area contributed by atoms with E-state index >= 15 is 0 Å². The van der Waals surface area contributed by atoms with Gasteiger partial charge in [-0.15, -0.1) is 11.8 Å². The van der Waals surface area contributed by atoms with Gasteiger partial charge in [-0.05, 0) is 29.8 Å². The van der Waals surface area contributed by atoms with Crippen LogP contribution in [0.2, 0.25) is 5.02 Å². The van der Waals surface area contributed by atoms with E-state index in [2.05, 4.69) is 0 Å². The largest absolute Gasteiger partial charge is 0.273 e. The van der Waals surface area contributed by atoms with Crippen molar-refractivity contribution in [2.45, 2.75) is 16.6 Å². The van der Waals surface area contributed by atoms with Crippen LogP contribution in [-0.4, -0.2) is 20.1 Å². The zero-order valence-electron chi connectivity index (χ0n) is 12.3. The molecule has 2 aromatic rings. The number of nitrogens with one attached hydrogen (secondary N) is 1. The maximum Gasteiger partial charge on any atom is 0.241 e. The fourth-order valence-corrected chi connectivity index (χ4v) is 5.07. The Hall–Kier alpha value is -1.57. The van der Waals surface area contributed by atoms with Gasteiger partial charge in [0.25, 0.3) is 0 Å². The molecule has 8 heteroatoms. The lowest BCUT2D eigenvalue weighted by Crippen LogP contribution is -2.35. The molecule has 1 heterocycles. The molecular weight excluding hydrogens is 373 g/mol. The molecule has 1 amide bonds. The van der Waals surface area contributed by atoms with Crippen LogP contribution in [-0.2, 0) is 20.6 Å². The van der Waals surface area contributed by atoms with Crippen LogP contribution in [0.15, 0.2) is 47.4 Å². The van der Waals surface area contributed by atoms with Crippen molar-refractivity contribution in [3.63, 3.8) is 0 Å². The normalized spacial score (nSPS) is 16.7. The average Bonchev–Trinajstić information content (AvgIpc) is 2.94. The topological polar surface area (TPSA) is 63.2 Å². The summed E-state index contributed by atoms with van der Waals surface area (Å²) < 4.78 is 40.1. The zero-order valence-corrected chi connectivity index (χ0v) is 14.7. The summed E-state index contributed by atoms with van der Waals surface area (Å²) in [5.41, 5.74) is 0.730. The number of thioether (sulfide) groups is 1. The van der Waals surface area contributed by atoms with Crippen molar-refractivity contribution in [1.82, 2.24) is 4.72 Å². The van der Waals surface area contributed by atoms with Crippen molar-refractivity contribution in [3.05, 3.63) is 64.4 Å². The highest BCUT2D eigenvalue weighted by molar-refractivity contribution is 7.99. The van der Waals surface area contributed by atoms with Crippen molar-refractivity contribution in [3.8, 4) is 0 Å². The molecular formula is C16H13ClFNO3S2. The third kappa shape index (κ3) is 3.74. The summed E-state index contributed by atoms with van der Waals surface area (Å²) >= 11 is 7.27. The molecule has 0 fully saturated rings. The first-order valence-electron chi connectivity index (χ1n) is 7.06. The molecule has 0 spiro atoms. The van der Waals surface area contributed by atoms with Crippen LogP contribution in [0.4, 0.5) is 4.39 Å². The van der Waals surface area contributed by atoms with E-state index in [1.807, 2.05) is 22.9 Å². The van der Waals surface area contributed by atoms with Crippen molar-refractivity contribution in [2.24, 2.45) is 0 Å². The molecule has 1 aliphatic heterocycles. The lowest BCUT2D eigenvalue weighted by Gasteiger charge is -2.12. The fraction of sp³-hybridized carbons (Fsp3) is 0.188. The van der Waals surface area contributed by atoms with Crippen molar-refractivity contribution in [1.29, 1.82) is 0 Å². The molecule has 0 aliphatic carbocycles. The van der Waals surface area contributed by atoms with Gasteiger partial charge in [-0.2, -0.15) is 0 Å². The average molecular weight is 386 g/mol. The molecule has 1 aliphatic rings. The smallest absolute Gasteiger partial charge is 0.241 e. The summed E-state index contributed by atoms with van der Waals surface area (Å²) in [4.78, 5) is 13.3. The summed E-state index contributed by atoms with van der Waals surface area (Å²) in [5, 5.41) is 0.231. The van der Waals surface area contributed by atoms with Crippen molar-refractivity contribution >= 4 is 39.3 Å². The summed E-state index contributed by atoms with van der Waals surface area (Å²) in [6.45, 7) is 0. The first-order chi connectivity index (χ1) is 11.4. The van der Waals surface area contributed by atoms with Crippen LogP contribution in [0.1, 0.15) is 17.0 Å². The van der Waals surface area contributed by atoms with Gasteiger partial charge in [-0.25, -0.2) is 12.8 Å². The SMILES string of the molecule is O=C(NS(=O)(=O)Cc1cc(Cl)ccc1F)[C@@H]1CSc2ccccc21. The second-order valence-electron chi connectivity index (χ2n) is 5.36. The first kappa shape index (κ1) is 17.3. The number of benzene rings is 2. The van der Waals surface area contributed by atoms with E-state index in [-0.39, 0.29) is 10.6 Å². The summed E-state index contributed by atoms with van der Waals surface area (Å²) in [5.74, 6) is -1.99. The lowest BCUT2D eigenvalue weighted by atomic mass is 10.0. The van der Waals surface area contributed by atoms with Gasteiger partial charge in [-0.1, -0.05) is 29.8 Å². The number of halogens is 2. The molecule has 3 rings (SSSR count). The van der Waals surface area contributed by atoms with Crippen LogP contribution in [0.25, 0.3) is 0 Å². The van der Waals surface area contributed by atoms with E-state index < -0.39 is 33.4 Å². The second kappa shape index (κ2) is 6.74. The molecule has 4 nitrogen and oxygen atoms in total. The molecule has 0 unspecified atom stereocenters. The van der Waals surface area contributed by atoms with E-state index in [0.29, 0.717) is 5.75 Å². The lowest BCUT2D eigenvalue weighted by molar-refractivity contribution is -0.120. The van der Waals surface area contributed by atoms with Gasteiger partial charge in [0.2, 0.25) is 15.9 Å². The maximum atomic E-state index is 13.7. The third-order valence-corrected chi connectivity index (χ3v) is 6.25. The molecule has 1 N–H and O–H groups in total. The molecule has 1 atom stereocenters. The van der Waals surface area contributed by atoms with Gasteiger partial charge in [0.15, 0.2) is 0 Å². The minimum Gasteiger partial charge on any atom is -0.273 e. The molecule has 24 heavy (non-hydrogen) atoms. The molecule has 0 bridgehead atoms. The Morgan fingerprint density at radius 3 is 2.83 bits per heavy atom. The summed E-state index contributed by atoms with van der Waals surface area (Å²) in [6.07, 6.45) is 0. The van der Waals surface area contributed by atoms with Gasteiger partial charge >= 0.3 is 0 Å². The predicted molar refractivity (Wildman–Crippen MR) is 92.1 cm³/mol. The minimum absolute atomic E-state index is 0.0796. The molecule has 0 radical (unpaired) electrons. The number of carbonyl (C=O) groups is 1. The van der Waals surface area contributed by atoms with E-state index in [1.54, 1.807) is 6.07 Å². The van der Waals surface area contributed by atoms with Gasteiger partial charge in [0.05, 0.1) is 11.7 Å². The van der Waals surface area contributed by atoms with Crippen LogP contribution >= 0.6 is 23.4 Å². The predicted octanol–water partition coefficient (Wildman–Crippen LogP) is 3.31. The van der Waals surface area contributed by atoms with Crippen LogP contribution in [0.3, 0.4) is 0 Å². The van der Waals surface area contributed by atoms with Crippen molar-refractivity contribution < 1.29 is 17.6 Å². The Kier molecular flexibility index (Phi) is 4.85. The summed E-state index contributed by atoms with van der Waals surface area (Å²) in [7, 11) is -4.02. The number of amides is 1.